The van der Waals surface area contributed by atoms with E-state index in [2.05, 4.69) is 9.71 Å². The first-order chi connectivity index (χ1) is 9.38. The van der Waals surface area contributed by atoms with E-state index < -0.39 is 16.1 Å². The highest BCUT2D eigenvalue weighted by molar-refractivity contribution is 7.89. The van der Waals surface area contributed by atoms with Gasteiger partial charge in [-0.1, -0.05) is 23.5 Å². The highest BCUT2D eigenvalue weighted by Crippen LogP contribution is 2.16. The Morgan fingerprint density at radius 1 is 1.35 bits per heavy atom. The van der Waals surface area contributed by atoms with E-state index in [-0.39, 0.29) is 16.3 Å². The topological polar surface area (TPSA) is 99.3 Å². The van der Waals surface area contributed by atoms with Crippen LogP contribution in [0.2, 0.25) is 0 Å². The summed E-state index contributed by atoms with van der Waals surface area (Å²) in [5.41, 5.74) is 1.16. The maximum Gasteiger partial charge on any atom is 0.304 e. The van der Waals surface area contributed by atoms with Gasteiger partial charge in [0.05, 0.1) is 17.5 Å². The molecule has 1 aromatic heterocycles. The SMILES string of the molecule is CC(O)c1ccc(S(=O)(=O)NCc2csc(=O)[nH]2)cc1. The zero-order chi connectivity index (χ0) is 14.8. The lowest BCUT2D eigenvalue weighted by atomic mass is 10.1. The summed E-state index contributed by atoms with van der Waals surface area (Å²) in [6.07, 6.45) is -0.643. The van der Waals surface area contributed by atoms with Gasteiger partial charge in [-0.05, 0) is 24.6 Å². The van der Waals surface area contributed by atoms with Crippen molar-refractivity contribution in [1.82, 2.24) is 9.71 Å². The van der Waals surface area contributed by atoms with Gasteiger partial charge >= 0.3 is 4.87 Å². The van der Waals surface area contributed by atoms with E-state index in [1.165, 1.54) is 12.1 Å². The fourth-order valence-corrected chi connectivity index (χ4v) is 3.17. The predicted octanol–water partition coefficient (Wildman–Crippen LogP) is 0.968. The molecule has 0 fully saturated rings. The van der Waals surface area contributed by atoms with Crippen molar-refractivity contribution in [1.29, 1.82) is 0 Å². The monoisotopic (exact) mass is 314 g/mol. The minimum absolute atomic E-state index is 0.0270. The number of rotatable bonds is 5. The molecule has 0 aliphatic rings. The molecule has 8 heteroatoms. The van der Waals surface area contributed by atoms with E-state index in [0.29, 0.717) is 11.3 Å². The van der Waals surface area contributed by atoms with Gasteiger partial charge in [-0.25, -0.2) is 13.1 Å². The molecule has 6 nitrogen and oxygen atoms in total. The van der Waals surface area contributed by atoms with Gasteiger partial charge in [0.2, 0.25) is 10.0 Å². The van der Waals surface area contributed by atoms with Crippen molar-refractivity contribution in [2.24, 2.45) is 0 Å². The van der Waals surface area contributed by atoms with Crippen LogP contribution in [0.5, 0.6) is 0 Å². The van der Waals surface area contributed by atoms with Crippen LogP contribution in [0.25, 0.3) is 0 Å². The van der Waals surface area contributed by atoms with Crippen molar-refractivity contribution >= 4 is 21.4 Å². The Bertz CT molecular complexity index is 729. The normalized spacial score (nSPS) is 13.3. The van der Waals surface area contributed by atoms with Gasteiger partial charge in [-0.3, -0.25) is 4.79 Å². The zero-order valence-corrected chi connectivity index (χ0v) is 12.3. The molecule has 0 bridgehead atoms. The molecule has 0 aliphatic carbocycles. The van der Waals surface area contributed by atoms with Gasteiger partial charge in [0.25, 0.3) is 0 Å². The first-order valence-electron chi connectivity index (χ1n) is 5.83. The first-order valence-corrected chi connectivity index (χ1v) is 8.19. The largest absolute Gasteiger partial charge is 0.389 e. The number of thiazole rings is 1. The number of aliphatic hydroxyl groups is 1. The summed E-state index contributed by atoms with van der Waals surface area (Å²) in [6.45, 7) is 1.63. The molecule has 0 amide bonds. The summed E-state index contributed by atoms with van der Waals surface area (Å²) >= 11 is 0.982. The second-order valence-corrected chi connectivity index (χ2v) is 6.85. The van der Waals surface area contributed by atoms with Crippen LogP contribution in [0.1, 0.15) is 24.3 Å². The molecule has 0 aliphatic heterocycles. The van der Waals surface area contributed by atoms with Gasteiger partial charge in [0.1, 0.15) is 0 Å². The molecule has 1 atom stereocenters. The zero-order valence-electron chi connectivity index (χ0n) is 10.7. The number of hydrogen-bond donors (Lipinski definition) is 3. The second kappa shape index (κ2) is 5.88. The van der Waals surface area contributed by atoms with Crippen LogP contribution >= 0.6 is 11.3 Å². The fourth-order valence-electron chi connectivity index (χ4n) is 1.58. The third-order valence-electron chi connectivity index (χ3n) is 2.70. The molecule has 2 aromatic rings. The highest BCUT2D eigenvalue weighted by Gasteiger charge is 2.14. The van der Waals surface area contributed by atoms with E-state index in [9.17, 15) is 18.3 Å². The van der Waals surface area contributed by atoms with Crippen LogP contribution in [-0.2, 0) is 16.6 Å². The van der Waals surface area contributed by atoms with E-state index in [1.807, 2.05) is 0 Å². The van der Waals surface area contributed by atoms with Crippen LogP contribution in [0.4, 0.5) is 0 Å². The quantitative estimate of drug-likeness (QED) is 0.765. The molecule has 1 unspecified atom stereocenters. The van der Waals surface area contributed by atoms with Crippen molar-refractivity contribution in [3.8, 4) is 0 Å². The third-order valence-corrected chi connectivity index (χ3v) is 4.83. The fraction of sp³-hybridized carbons (Fsp3) is 0.250. The number of hydrogen-bond acceptors (Lipinski definition) is 5. The number of nitrogens with one attached hydrogen (secondary N) is 2. The van der Waals surface area contributed by atoms with Gasteiger partial charge in [0, 0.05) is 11.1 Å². The molecule has 0 radical (unpaired) electrons. The molecular weight excluding hydrogens is 300 g/mol. The highest BCUT2D eigenvalue weighted by atomic mass is 32.2. The summed E-state index contributed by atoms with van der Waals surface area (Å²) in [6, 6.07) is 5.99. The predicted molar refractivity (Wildman–Crippen MR) is 76.0 cm³/mol. The van der Waals surface area contributed by atoms with Crippen LogP contribution < -0.4 is 9.60 Å². The molecule has 2 rings (SSSR count). The Morgan fingerprint density at radius 2 is 2.00 bits per heavy atom. The summed E-state index contributed by atoms with van der Waals surface area (Å²) in [7, 11) is -3.64. The lowest BCUT2D eigenvalue weighted by molar-refractivity contribution is 0.199. The Balaban J connectivity index is 2.11. The second-order valence-electron chi connectivity index (χ2n) is 4.24. The number of H-pyrrole nitrogens is 1. The average Bonchev–Trinajstić information content (AvgIpc) is 2.82. The van der Waals surface area contributed by atoms with Crippen LogP contribution in [-0.4, -0.2) is 18.5 Å². The number of aliphatic hydroxyl groups excluding tert-OH is 1. The number of aromatic amines is 1. The van der Waals surface area contributed by atoms with E-state index in [4.69, 9.17) is 0 Å². The van der Waals surface area contributed by atoms with Gasteiger partial charge in [0.15, 0.2) is 0 Å². The summed E-state index contributed by atoms with van der Waals surface area (Å²) < 4.78 is 26.5. The average molecular weight is 314 g/mol. The van der Waals surface area contributed by atoms with Crippen LogP contribution in [0.3, 0.4) is 0 Å². The molecule has 20 heavy (non-hydrogen) atoms. The number of benzene rings is 1. The van der Waals surface area contributed by atoms with Gasteiger partial charge in [-0.15, -0.1) is 0 Å². The summed E-state index contributed by atoms with van der Waals surface area (Å²) in [5, 5.41) is 10.9. The van der Waals surface area contributed by atoms with Gasteiger partial charge < -0.3 is 10.1 Å². The molecular formula is C12H14N2O4S2. The number of aromatic nitrogens is 1. The maximum absolute atomic E-state index is 12.0. The molecule has 108 valence electrons. The Hall–Kier alpha value is -1.48. The van der Waals surface area contributed by atoms with Crippen molar-refractivity contribution < 1.29 is 13.5 Å². The van der Waals surface area contributed by atoms with Crippen LogP contribution in [0, 0.1) is 0 Å². The molecule has 1 aromatic carbocycles. The van der Waals surface area contributed by atoms with Crippen LogP contribution in [0.15, 0.2) is 39.3 Å². The van der Waals surface area contributed by atoms with Gasteiger partial charge in [-0.2, -0.15) is 0 Å². The lowest BCUT2D eigenvalue weighted by Gasteiger charge is -2.08. The maximum atomic E-state index is 12.0. The summed E-state index contributed by atoms with van der Waals surface area (Å²) in [4.78, 5) is 13.4. The Labute approximate surface area is 120 Å². The van der Waals surface area contributed by atoms with E-state index >= 15 is 0 Å². The lowest BCUT2D eigenvalue weighted by Crippen LogP contribution is -2.23. The smallest absolute Gasteiger partial charge is 0.304 e. The minimum Gasteiger partial charge on any atom is -0.389 e. The Kier molecular flexibility index (Phi) is 4.39. The summed E-state index contributed by atoms with van der Waals surface area (Å²) in [5.74, 6) is 0. The van der Waals surface area contributed by atoms with Crippen molar-refractivity contribution in [3.63, 3.8) is 0 Å². The molecule has 0 saturated carbocycles. The first kappa shape index (κ1) is 14.9. The number of sulfonamides is 1. The van der Waals surface area contributed by atoms with Crippen molar-refractivity contribution in [2.75, 3.05) is 0 Å². The Morgan fingerprint density at radius 3 is 2.50 bits per heavy atom. The van der Waals surface area contributed by atoms with E-state index in [0.717, 1.165) is 11.3 Å². The molecule has 0 saturated heterocycles. The molecule has 0 spiro atoms. The standard InChI is InChI=1S/C12H14N2O4S2/c1-8(15)9-2-4-11(5-3-9)20(17,18)13-6-10-7-19-12(16)14-10/h2-5,7-8,13,15H,6H2,1H3,(H,14,16). The van der Waals surface area contributed by atoms with Crippen molar-refractivity contribution in [2.45, 2.75) is 24.5 Å². The van der Waals surface area contributed by atoms with Crippen molar-refractivity contribution in [3.05, 3.63) is 50.6 Å². The van der Waals surface area contributed by atoms with E-state index in [1.54, 1.807) is 24.4 Å². The molecule has 3 N–H and O–H groups in total. The molecule has 1 heterocycles. The third kappa shape index (κ3) is 3.54. The minimum atomic E-state index is -3.64.